The number of hydrogen-bond donors (Lipinski definition) is 1. The van der Waals surface area contributed by atoms with Crippen molar-refractivity contribution in [3.63, 3.8) is 0 Å². The molecule has 2 N–H and O–H groups in total. The van der Waals surface area contributed by atoms with Gasteiger partial charge in [-0.05, 0) is 50.5 Å². The Balaban J connectivity index is 1.74. The number of nitrogens with zero attached hydrogens (tertiary/aromatic N) is 1. The molecule has 2 fully saturated rings. The van der Waals surface area contributed by atoms with Crippen LogP contribution in [0.2, 0.25) is 0 Å². The molecule has 0 heterocycles. The number of fused-ring (bicyclic) bond motifs is 1. The number of unbranched alkanes of at least 4 members (excludes halogenated alkanes) is 2. The van der Waals surface area contributed by atoms with Gasteiger partial charge < -0.3 is 10.6 Å². The van der Waals surface area contributed by atoms with E-state index in [-0.39, 0.29) is 0 Å². The minimum absolute atomic E-state index is 0.314. The molecule has 2 aliphatic carbocycles. The third-order valence-electron chi connectivity index (χ3n) is 5.46. The van der Waals surface area contributed by atoms with E-state index in [1.54, 1.807) is 0 Å². The number of hydrogen-bond acceptors (Lipinski definition) is 2. The van der Waals surface area contributed by atoms with E-state index in [2.05, 4.69) is 0 Å². The lowest BCUT2D eigenvalue weighted by Crippen LogP contribution is -2.38. The number of carbonyl (C=O) groups excluding carboxylic acids is 1. The fraction of sp³-hybridized carbons (Fsp3) is 0.941. The lowest BCUT2D eigenvalue weighted by atomic mass is 9.67. The number of carbonyl (C=O) groups is 1. The maximum atomic E-state index is 12.5. The van der Waals surface area contributed by atoms with Gasteiger partial charge in [0.05, 0.1) is 0 Å². The Morgan fingerprint density at radius 3 is 2.55 bits per heavy atom. The van der Waals surface area contributed by atoms with Crippen LogP contribution < -0.4 is 5.73 Å². The van der Waals surface area contributed by atoms with Crippen molar-refractivity contribution in [1.29, 1.82) is 0 Å². The summed E-state index contributed by atoms with van der Waals surface area (Å²) in [5.41, 5.74) is 5.50. The largest absolute Gasteiger partial charge is 0.346 e. The predicted octanol–water partition coefficient (Wildman–Crippen LogP) is 3.18. The van der Waals surface area contributed by atoms with Crippen molar-refractivity contribution in [2.45, 2.75) is 64.2 Å². The minimum Gasteiger partial charge on any atom is -0.346 e. The summed E-state index contributed by atoms with van der Waals surface area (Å²) in [5.74, 6) is 2.50. The van der Waals surface area contributed by atoms with Gasteiger partial charge in [0.25, 0.3) is 0 Å². The van der Waals surface area contributed by atoms with Crippen LogP contribution in [0.15, 0.2) is 0 Å². The van der Waals surface area contributed by atoms with Gasteiger partial charge in [-0.3, -0.25) is 4.79 Å². The molecule has 116 valence electrons. The molecule has 2 rings (SSSR count). The maximum absolute atomic E-state index is 12.5. The number of nitrogens with two attached hydrogens (primary N) is 1. The highest BCUT2D eigenvalue weighted by atomic mass is 16.2. The molecule has 0 spiro atoms. The molecule has 3 atom stereocenters. The van der Waals surface area contributed by atoms with Crippen LogP contribution in [0.4, 0.5) is 0 Å². The summed E-state index contributed by atoms with van der Waals surface area (Å²) < 4.78 is 0. The highest BCUT2D eigenvalue weighted by Gasteiger charge is 2.35. The van der Waals surface area contributed by atoms with Crippen molar-refractivity contribution in [2.75, 3.05) is 20.1 Å². The zero-order chi connectivity index (χ0) is 14.4. The van der Waals surface area contributed by atoms with Crippen molar-refractivity contribution in [3.05, 3.63) is 0 Å². The van der Waals surface area contributed by atoms with Gasteiger partial charge in [0.1, 0.15) is 0 Å². The summed E-state index contributed by atoms with van der Waals surface area (Å²) in [6.07, 6.45) is 12.5. The monoisotopic (exact) mass is 280 g/mol. The molecule has 0 bridgehead atoms. The SMILES string of the molecule is CN(CCCCCN)C(=O)C1CCC2CCCCC2C1. The van der Waals surface area contributed by atoms with E-state index in [9.17, 15) is 4.79 Å². The first-order chi connectivity index (χ1) is 9.72. The Hall–Kier alpha value is -0.570. The summed E-state index contributed by atoms with van der Waals surface area (Å²) in [5, 5.41) is 0. The zero-order valence-corrected chi connectivity index (χ0v) is 13.2. The summed E-state index contributed by atoms with van der Waals surface area (Å²) >= 11 is 0. The molecule has 3 heteroatoms. The molecular formula is C17H32N2O. The van der Waals surface area contributed by atoms with Crippen LogP contribution >= 0.6 is 0 Å². The first kappa shape index (κ1) is 15.8. The molecule has 2 aliphatic rings. The van der Waals surface area contributed by atoms with Crippen LogP contribution in [-0.4, -0.2) is 30.9 Å². The van der Waals surface area contributed by atoms with Crippen molar-refractivity contribution >= 4 is 5.91 Å². The molecule has 2 saturated carbocycles. The van der Waals surface area contributed by atoms with Crippen LogP contribution in [0.25, 0.3) is 0 Å². The van der Waals surface area contributed by atoms with Gasteiger partial charge in [-0.1, -0.05) is 32.1 Å². The highest BCUT2D eigenvalue weighted by Crippen LogP contribution is 2.43. The highest BCUT2D eigenvalue weighted by molar-refractivity contribution is 5.78. The quantitative estimate of drug-likeness (QED) is 0.760. The van der Waals surface area contributed by atoms with Gasteiger partial charge in [-0.15, -0.1) is 0 Å². The lowest BCUT2D eigenvalue weighted by molar-refractivity contribution is -0.136. The predicted molar refractivity (Wildman–Crippen MR) is 83.3 cm³/mol. The van der Waals surface area contributed by atoms with Crippen molar-refractivity contribution in [2.24, 2.45) is 23.5 Å². The number of rotatable bonds is 6. The second kappa shape index (κ2) is 8.02. The standard InChI is InChI=1S/C17H32N2O/c1-19(12-6-2-5-11-18)17(20)16-10-9-14-7-3-4-8-15(14)13-16/h14-16H,2-13,18H2,1H3. The van der Waals surface area contributed by atoms with Gasteiger partial charge in [-0.2, -0.15) is 0 Å². The fourth-order valence-corrected chi connectivity index (χ4v) is 4.19. The Bertz CT molecular complexity index is 305. The molecule has 0 aromatic heterocycles. The summed E-state index contributed by atoms with van der Waals surface area (Å²) in [7, 11) is 1.98. The van der Waals surface area contributed by atoms with E-state index in [0.717, 1.165) is 57.0 Å². The fourth-order valence-electron chi connectivity index (χ4n) is 4.19. The lowest BCUT2D eigenvalue weighted by Gasteiger charge is -2.39. The van der Waals surface area contributed by atoms with Gasteiger partial charge in [-0.25, -0.2) is 0 Å². The molecule has 0 saturated heterocycles. The van der Waals surface area contributed by atoms with E-state index >= 15 is 0 Å². The topological polar surface area (TPSA) is 46.3 Å². The van der Waals surface area contributed by atoms with E-state index in [0.29, 0.717) is 11.8 Å². The van der Waals surface area contributed by atoms with Gasteiger partial charge >= 0.3 is 0 Å². The average Bonchev–Trinajstić information content (AvgIpc) is 2.50. The van der Waals surface area contributed by atoms with Crippen LogP contribution in [-0.2, 0) is 4.79 Å². The second-order valence-electron chi connectivity index (χ2n) is 6.92. The molecule has 0 aliphatic heterocycles. The molecule has 20 heavy (non-hydrogen) atoms. The minimum atomic E-state index is 0.314. The molecule has 3 nitrogen and oxygen atoms in total. The third-order valence-corrected chi connectivity index (χ3v) is 5.46. The molecule has 3 unspecified atom stereocenters. The Morgan fingerprint density at radius 2 is 1.80 bits per heavy atom. The van der Waals surface area contributed by atoms with E-state index in [4.69, 9.17) is 5.73 Å². The normalized spacial score (nSPS) is 29.8. The number of amides is 1. The van der Waals surface area contributed by atoms with Crippen molar-refractivity contribution in [1.82, 2.24) is 4.90 Å². The Morgan fingerprint density at radius 1 is 1.05 bits per heavy atom. The average molecular weight is 280 g/mol. The summed E-state index contributed by atoms with van der Waals surface area (Å²) in [6, 6.07) is 0. The van der Waals surface area contributed by atoms with Crippen molar-refractivity contribution in [3.8, 4) is 0 Å². The van der Waals surface area contributed by atoms with E-state index < -0.39 is 0 Å². The van der Waals surface area contributed by atoms with Crippen LogP contribution in [0.5, 0.6) is 0 Å². The maximum Gasteiger partial charge on any atom is 0.225 e. The van der Waals surface area contributed by atoms with Crippen LogP contribution in [0.1, 0.15) is 64.2 Å². The van der Waals surface area contributed by atoms with Crippen molar-refractivity contribution < 1.29 is 4.79 Å². The van der Waals surface area contributed by atoms with Crippen LogP contribution in [0, 0.1) is 17.8 Å². The third kappa shape index (κ3) is 4.21. The van der Waals surface area contributed by atoms with Gasteiger partial charge in [0.2, 0.25) is 5.91 Å². The van der Waals surface area contributed by atoms with E-state index in [1.807, 2.05) is 11.9 Å². The molecule has 0 aromatic rings. The summed E-state index contributed by atoms with van der Waals surface area (Å²) in [6.45, 7) is 1.67. The Labute approximate surface area is 124 Å². The smallest absolute Gasteiger partial charge is 0.225 e. The first-order valence-electron chi connectivity index (χ1n) is 8.67. The molecule has 1 amide bonds. The Kier molecular flexibility index (Phi) is 6.34. The van der Waals surface area contributed by atoms with Crippen LogP contribution in [0.3, 0.4) is 0 Å². The van der Waals surface area contributed by atoms with E-state index in [1.165, 1.54) is 32.1 Å². The summed E-state index contributed by atoms with van der Waals surface area (Å²) in [4.78, 5) is 14.5. The molecule has 0 radical (unpaired) electrons. The first-order valence-corrected chi connectivity index (χ1v) is 8.67. The van der Waals surface area contributed by atoms with Gasteiger partial charge in [0, 0.05) is 19.5 Å². The zero-order valence-electron chi connectivity index (χ0n) is 13.2. The van der Waals surface area contributed by atoms with Gasteiger partial charge in [0.15, 0.2) is 0 Å². The molecule has 0 aromatic carbocycles. The molecular weight excluding hydrogens is 248 g/mol. The second-order valence-corrected chi connectivity index (χ2v) is 6.92.